The van der Waals surface area contributed by atoms with Crippen LogP contribution in [0.2, 0.25) is 0 Å². The van der Waals surface area contributed by atoms with Crippen molar-refractivity contribution in [2.75, 3.05) is 6.26 Å². The van der Waals surface area contributed by atoms with Crippen LogP contribution >= 0.6 is 11.8 Å². The van der Waals surface area contributed by atoms with Gasteiger partial charge in [-0.1, -0.05) is 61.5 Å². The topological polar surface area (TPSA) is 44.3 Å². The molecule has 1 aliphatic heterocycles. The molecule has 3 aromatic carbocycles. The van der Waals surface area contributed by atoms with Gasteiger partial charge < -0.3 is 10.4 Å². The molecule has 0 spiro atoms. The Bertz CT molecular complexity index is 996. The summed E-state index contributed by atoms with van der Waals surface area (Å²) in [6.07, 6.45) is 5.21. The van der Waals surface area contributed by atoms with Crippen molar-refractivity contribution in [2.24, 2.45) is 0 Å². The summed E-state index contributed by atoms with van der Waals surface area (Å²) in [4.78, 5) is 1.24. The highest BCUT2D eigenvalue weighted by Gasteiger charge is 2.25. The molecule has 4 heteroatoms. The molecule has 0 bridgehead atoms. The third-order valence-corrected chi connectivity index (χ3v) is 6.12. The maximum absolute atomic E-state index is 10.4. The molecule has 1 heterocycles. The molecule has 148 valence electrons. The van der Waals surface area contributed by atoms with Gasteiger partial charge in [-0.2, -0.15) is 0 Å². The number of phenolic OH excluding ortho intramolecular Hbond substituents is 1. The normalized spacial score (nSPS) is 18.8. The number of phenols is 1. The van der Waals surface area contributed by atoms with E-state index in [4.69, 9.17) is 0 Å². The van der Waals surface area contributed by atoms with Crippen molar-refractivity contribution in [3.8, 4) is 5.75 Å². The van der Waals surface area contributed by atoms with E-state index in [0.29, 0.717) is 5.75 Å². The molecule has 0 fully saturated rings. The van der Waals surface area contributed by atoms with E-state index < -0.39 is 0 Å². The van der Waals surface area contributed by atoms with Gasteiger partial charge in [0.05, 0.1) is 6.04 Å². The Hall–Kier alpha value is -2.69. The minimum Gasteiger partial charge on any atom is -0.508 e. The summed E-state index contributed by atoms with van der Waals surface area (Å²) in [5, 5.41) is 17.7. The lowest BCUT2D eigenvalue weighted by atomic mass is 9.97. The molecule has 3 nitrogen and oxygen atoms in total. The van der Waals surface area contributed by atoms with Crippen LogP contribution in [-0.4, -0.2) is 11.4 Å². The summed E-state index contributed by atoms with van der Waals surface area (Å²) in [5.74, 6) is 0.306. The summed E-state index contributed by atoms with van der Waals surface area (Å²) >= 11 is 1.74. The minimum atomic E-state index is -0.0940. The molecule has 0 saturated heterocycles. The molecule has 0 amide bonds. The van der Waals surface area contributed by atoms with E-state index >= 15 is 0 Å². The van der Waals surface area contributed by atoms with Gasteiger partial charge in [0.2, 0.25) is 0 Å². The molecule has 0 aliphatic carbocycles. The second-order valence-corrected chi connectivity index (χ2v) is 8.06. The number of hydrogen-bond acceptors (Lipinski definition) is 4. The summed E-state index contributed by atoms with van der Waals surface area (Å²) in [6, 6.07) is 24.7. The Morgan fingerprint density at radius 1 is 0.931 bits per heavy atom. The first-order valence-corrected chi connectivity index (χ1v) is 11.2. The van der Waals surface area contributed by atoms with Crippen molar-refractivity contribution in [3.63, 3.8) is 0 Å². The zero-order valence-corrected chi connectivity index (χ0v) is 17.5. The van der Waals surface area contributed by atoms with E-state index in [2.05, 4.69) is 78.4 Å². The first-order chi connectivity index (χ1) is 14.2. The zero-order valence-electron chi connectivity index (χ0n) is 16.7. The van der Waals surface area contributed by atoms with Gasteiger partial charge in [-0.15, -0.1) is 11.8 Å². The van der Waals surface area contributed by atoms with E-state index in [1.54, 1.807) is 17.8 Å². The molecule has 1 aliphatic rings. The standard InChI is InChI=1S/C25H26N2OS/c1-3-17-8-10-18(11-9-17)22-16-23(21-6-4-5-7-24(21)28)27-25(26-22)19-12-14-20(29-2)15-13-19/h4-16,23,25-28H,3H2,1-2H3. The molecule has 0 saturated carbocycles. The number of thioether (sulfide) groups is 1. The van der Waals surface area contributed by atoms with Gasteiger partial charge in [-0.3, -0.25) is 5.32 Å². The van der Waals surface area contributed by atoms with Crippen molar-refractivity contribution < 1.29 is 5.11 Å². The molecule has 3 aromatic rings. The van der Waals surface area contributed by atoms with Crippen molar-refractivity contribution in [1.29, 1.82) is 0 Å². The lowest BCUT2D eigenvalue weighted by Gasteiger charge is -2.33. The third-order valence-electron chi connectivity index (χ3n) is 5.37. The minimum absolute atomic E-state index is 0.0543. The highest BCUT2D eigenvalue weighted by atomic mass is 32.2. The predicted octanol–water partition coefficient (Wildman–Crippen LogP) is 5.65. The molecular formula is C25H26N2OS. The quantitative estimate of drug-likeness (QED) is 0.483. The fourth-order valence-electron chi connectivity index (χ4n) is 3.65. The SMILES string of the molecule is CCc1ccc(C2=CC(c3ccccc3O)NC(c3ccc(SC)cc3)N2)cc1. The van der Waals surface area contributed by atoms with Gasteiger partial charge in [0.15, 0.2) is 0 Å². The second-order valence-electron chi connectivity index (χ2n) is 7.18. The Morgan fingerprint density at radius 2 is 1.66 bits per heavy atom. The van der Waals surface area contributed by atoms with Crippen LogP contribution in [0.5, 0.6) is 5.75 Å². The Morgan fingerprint density at radius 3 is 2.31 bits per heavy atom. The van der Waals surface area contributed by atoms with Crippen LogP contribution in [0.15, 0.2) is 83.8 Å². The number of rotatable bonds is 5. The zero-order chi connectivity index (χ0) is 20.2. The maximum Gasteiger partial charge on any atom is 0.120 e. The molecule has 0 radical (unpaired) electrons. The Labute approximate surface area is 176 Å². The summed E-state index contributed by atoms with van der Waals surface area (Å²) in [5.41, 5.74) is 5.58. The van der Waals surface area contributed by atoms with Crippen molar-refractivity contribution in [3.05, 3.63) is 101 Å². The largest absolute Gasteiger partial charge is 0.508 e. The second kappa shape index (κ2) is 8.76. The van der Waals surface area contributed by atoms with Crippen LogP contribution < -0.4 is 10.6 Å². The molecule has 3 N–H and O–H groups in total. The van der Waals surface area contributed by atoms with Crippen LogP contribution in [0.25, 0.3) is 5.70 Å². The lowest BCUT2D eigenvalue weighted by Crippen LogP contribution is -2.39. The molecule has 2 atom stereocenters. The van der Waals surface area contributed by atoms with E-state index in [1.807, 2.05) is 18.2 Å². The Balaban J connectivity index is 1.71. The molecule has 0 aromatic heterocycles. The van der Waals surface area contributed by atoms with Crippen LogP contribution in [0.4, 0.5) is 0 Å². The van der Waals surface area contributed by atoms with Crippen LogP contribution in [0, 0.1) is 0 Å². The highest BCUT2D eigenvalue weighted by molar-refractivity contribution is 7.98. The van der Waals surface area contributed by atoms with E-state index in [9.17, 15) is 5.11 Å². The van der Waals surface area contributed by atoms with E-state index in [0.717, 1.165) is 23.2 Å². The third kappa shape index (κ3) is 4.34. The fraction of sp³-hybridized carbons (Fsp3) is 0.200. The number of hydrogen-bond donors (Lipinski definition) is 3. The Kier molecular flexibility index (Phi) is 5.93. The molecular weight excluding hydrogens is 376 g/mol. The molecule has 2 unspecified atom stereocenters. The van der Waals surface area contributed by atoms with Gasteiger partial charge in [0.25, 0.3) is 0 Å². The number of benzene rings is 3. The monoisotopic (exact) mass is 402 g/mol. The van der Waals surface area contributed by atoms with Crippen molar-refractivity contribution in [1.82, 2.24) is 10.6 Å². The fourth-order valence-corrected chi connectivity index (χ4v) is 4.05. The van der Waals surface area contributed by atoms with Gasteiger partial charge >= 0.3 is 0 Å². The summed E-state index contributed by atoms with van der Waals surface area (Å²) in [6.45, 7) is 2.17. The summed E-state index contributed by atoms with van der Waals surface area (Å²) in [7, 11) is 0. The van der Waals surface area contributed by atoms with Gasteiger partial charge in [-0.05, 0) is 53.6 Å². The van der Waals surface area contributed by atoms with Gasteiger partial charge in [0.1, 0.15) is 11.9 Å². The first-order valence-electron chi connectivity index (χ1n) is 9.93. The van der Waals surface area contributed by atoms with Gasteiger partial charge in [-0.25, -0.2) is 0 Å². The van der Waals surface area contributed by atoms with Crippen LogP contribution in [-0.2, 0) is 6.42 Å². The molecule has 4 rings (SSSR count). The van der Waals surface area contributed by atoms with Crippen LogP contribution in [0.1, 0.15) is 41.4 Å². The smallest absolute Gasteiger partial charge is 0.120 e. The number of aryl methyl sites for hydroxylation is 1. The predicted molar refractivity (Wildman–Crippen MR) is 122 cm³/mol. The van der Waals surface area contributed by atoms with Crippen LogP contribution in [0.3, 0.4) is 0 Å². The number of nitrogens with one attached hydrogen (secondary N) is 2. The average molecular weight is 403 g/mol. The van der Waals surface area contributed by atoms with E-state index in [1.165, 1.54) is 16.0 Å². The van der Waals surface area contributed by atoms with Crippen molar-refractivity contribution in [2.45, 2.75) is 30.4 Å². The highest BCUT2D eigenvalue weighted by Crippen LogP contribution is 2.33. The van der Waals surface area contributed by atoms with Crippen molar-refractivity contribution >= 4 is 17.5 Å². The average Bonchev–Trinajstić information content (AvgIpc) is 2.79. The van der Waals surface area contributed by atoms with E-state index in [-0.39, 0.29) is 12.2 Å². The first kappa shape index (κ1) is 19.6. The lowest BCUT2D eigenvalue weighted by molar-refractivity contribution is 0.419. The number of para-hydroxylation sites is 1. The number of aromatic hydroxyl groups is 1. The summed E-state index contributed by atoms with van der Waals surface area (Å²) < 4.78 is 0. The molecule has 29 heavy (non-hydrogen) atoms. The van der Waals surface area contributed by atoms with Gasteiger partial charge in [0, 0.05) is 16.2 Å². The maximum atomic E-state index is 10.4.